The van der Waals surface area contributed by atoms with Crippen LogP contribution in [0.4, 0.5) is 0 Å². The van der Waals surface area contributed by atoms with Crippen molar-refractivity contribution in [2.75, 3.05) is 12.3 Å². The Morgan fingerprint density at radius 1 is 1.33 bits per heavy atom. The van der Waals surface area contributed by atoms with Crippen molar-refractivity contribution in [1.82, 2.24) is 4.90 Å². The average Bonchev–Trinajstić information content (AvgIpc) is 2.53. The summed E-state index contributed by atoms with van der Waals surface area (Å²) in [7, 11) is 0. The third-order valence-corrected chi connectivity index (χ3v) is 5.55. The van der Waals surface area contributed by atoms with Crippen LogP contribution in [0.15, 0.2) is 30.3 Å². The molecular weight excluding hydrogens is 292 g/mol. The lowest BCUT2D eigenvalue weighted by Gasteiger charge is -2.52. The Kier molecular flexibility index (Phi) is 3.26. The highest BCUT2D eigenvalue weighted by Crippen LogP contribution is 2.43. The molecule has 1 amide bonds. The van der Waals surface area contributed by atoms with Crippen LogP contribution in [0.3, 0.4) is 0 Å². The number of carboxylic acid groups (broad SMARTS) is 1. The first-order chi connectivity index (χ1) is 9.97. The second kappa shape index (κ2) is 4.85. The monoisotopic (exact) mass is 306 g/mol. The van der Waals surface area contributed by atoms with Crippen molar-refractivity contribution < 1.29 is 19.5 Å². The number of β-lactam (4-membered cyclic amide) rings is 1. The van der Waals surface area contributed by atoms with Gasteiger partial charge in [-0.2, -0.15) is 0 Å². The molecule has 0 aliphatic carbocycles. The molecule has 2 aliphatic heterocycles. The van der Waals surface area contributed by atoms with E-state index in [4.69, 9.17) is 5.73 Å². The molecule has 0 saturated carbocycles. The minimum absolute atomic E-state index is 0.111. The number of ketones is 1. The molecule has 1 aromatic carbocycles. The van der Waals surface area contributed by atoms with Gasteiger partial charge in [-0.1, -0.05) is 30.3 Å². The molecule has 2 saturated heterocycles. The molecule has 3 rings (SSSR count). The number of benzene rings is 1. The van der Waals surface area contributed by atoms with E-state index < -0.39 is 23.2 Å². The Labute approximate surface area is 125 Å². The lowest BCUT2D eigenvalue weighted by Crippen LogP contribution is -2.73. The van der Waals surface area contributed by atoms with Gasteiger partial charge < -0.3 is 15.7 Å². The van der Waals surface area contributed by atoms with Crippen molar-refractivity contribution in [2.45, 2.75) is 11.4 Å². The minimum Gasteiger partial charge on any atom is -0.480 e. The molecule has 7 heteroatoms. The van der Waals surface area contributed by atoms with Gasteiger partial charge >= 0.3 is 5.97 Å². The number of thioether (sulfide) groups is 1. The molecule has 6 nitrogen and oxygen atoms in total. The average molecular weight is 306 g/mol. The van der Waals surface area contributed by atoms with Crippen molar-refractivity contribution in [3.63, 3.8) is 0 Å². The van der Waals surface area contributed by atoms with E-state index in [9.17, 15) is 19.5 Å². The highest BCUT2D eigenvalue weighted by atomic mass is 32.2. The van der Waals surface area contributed by atoms with Crippen LogP contribution in [0.5, 0.6) is 0 Å². The van der Waals surface area contributed by atoms with Crippen LogP contribution in [0, 0.1) is 5.41 Å². The van der Waals surface area contributed by atoms with Gasteiger partial charge in [0.05, 0.1) is 0 Å². The molecule has 2 unspecified atom stereocenters. The molecule has 1 aromatic rings. The van der Waals surface area contributed by atoms with Crippen molar-refractivity contribution >= 4 is 29.4 Å². The van der Waals surface area contributed by atoms with Gasteiger partial charge in [-0.25, -0.2) is 0 Å². The van der Waals surface area contributed by atoms with E-state index in [-0.39, 0.29) is 23.6 Å². The number of nitrogens with zero attached hydrogens (tertiary/aromatic N) is 1. The quantitative estimate of drug-likeness (QED) is 0.469. The number of hydrogen-bond donors (Lipinski definition) is 2. The highest BCUT2D eigenvalue weighted by Gasteiger charge is 2.58. The molecule has 2 aliphatic rings. The number of carbonyl (C=O) groups excluding carboxylic acids is 2. The van der Waals surface area contributed by atoms with E-state index in [0.717, 1.165) is 0 Å². The molecule has 2 fully saturated rings. The fourth-order valence-electron chi connectivity index (χ4n) is 2.71. The zero-order valence-corrected chi connectivity index (χ0v) is 11.9. The predicted molar refractivity (Wildman–Crippen MR) is 76.8 cm³/mol. The van der Waals surface area contributed by atoms with Crippen molar-refractivity contribution in [3.05, 3.63) is 35.9 Å². The summed E-state index contributed by atoms with van der Waals surface area (Å²) in [6.45, 7) is -0.111. The summed E-state index contributed by atoms with van der Waals surface area (Å²) in [4.78, 5) is 37.6. The van der Waals surface area contributed by atoms with Crippen LogP contribution < -0.4 is 5.73 Å². The van der Waals surface area contributed by atoms with E-state index in [1.165, 1.54) is 16.7 Å². The number of amides is 1. The number of nitrogens with two attached hydrogens (primary N) is 1. The zero-order chi connectivity index (χ0) is 15.2. The summed E-state index contributed by atoms with van der Waals surface area (Å²) in [6.07, 6.45) is 0. The number of carbonyl (C=O) groups is 3. The van der Waals surface area contributed by atoms with Crippen molar-refractivity contribution in [2.24, 2.45) is 11.1 Å². The Morgan fingerprint density at radius 2 is 2.00 bits per heavy atom. The summed E-state index contributed by atoms with van der Waals surface area (Å²) < 4.78 is 0. The lowest BCUT2D eigenvalue weighted by molar-refractivity contribution is -0.153. The fourth-order valence-corrected chi connectivity index (χ4v) is 4.19. The molecule has 0 spiro atoms. The molecule has 110 valence electrons. The normalized spacial score (nSPS) is 31.3. The number of carboxylic acids is 1. The van der Waals surface area contributed by atoms with Gasteiger partial charge in [0.15, 0.2) is 11.2 Å². The molecule has 0 aromatic heterocycles. The topological polar surface area (TPSA) is 101 Å². The van der Waals surface area contributed by atoms with Gasteiger partial charge in [-0.05, 0) is 0 Å². The van der Waals surface area contributed by atoms with E-state index in [1.54, 1.807) is 30.3 Å². The summed E-state index contributed by atoms with van der Waals surface area (Å²) >= 11 is 1.26. The van der Waals surface area contributed by atoms with E-state index in [2.05, 4.69) is 0 Å². The Hall–Kier alpha value is -1.86. The van der Waals surface area contributed by atoms with Gasteiger partial charge in [-0.3, -0.25) is 14.4 Å². The van der Waals surface area contributed by atoms with Crippen LogP contribution in [0.1, 0.15) is 10.4 Å². The Balaban J connectivity index is 1.93. The molecular formula is C14H14N2O4S. The third-order valence-electron chi connectivity index (χ3n) is 4.00. The van der Waals surface area contributed by atoms with Crippen molar-refractivity contribution in [3.8, 4) is 0 Å². The highest BCUT2D eigenvalue weighted by molar-refractivity contribution is 8.00. The number of hydrogen-bond acceptors (Lipinski definition) is 5. The first-order valence-electron chi connectivity index (χ1n) is 6.48. The van der Waals surface area contributed by atoms with E-state index >= 15 is 0 Å². The molecule has 0 bridgehead atoms. The third kappa shape index (κ3) is 1.96. The predicted octanol–water partition coefficient (Wildman–Crippen LogP) is 0.183. The van der Waals surface area contributed by atoms with Crippen LogP contribution in [-0.4, -0.2) is 51.4 Å². The fraction of sp³-hybridized carbons (Fsp3) is 0.357. The van der Waals surface area contributed by atoms with E-state index in [1.807, 2.05) is 0 Å². The maximum Gasteiger partial charge on any atom is 0.320 e. The number of rotatable bonds is 3. The Bertz CT molecular complexity index is 621. The number of Topliss-reactive ketones (excluding diaryl/α,β-unsaturated/α-hetero) is 1. The summed E-state index contributed by atoms with van der Waals surface area (Å²) in [5.74, 6) is -1.83. The molecule has 2 heterocycles. The lowest BCUT2D eigenvalue weighted by atomic mass is 9.80. The molecule has 21 heavy (non-hydrogen) atoms. The summed E-state index contributed by atoms with van der Waals surface area (Å²) in [5, 5.41) is 9.38. The van der Waals surface area contributed by atoms with Gasteiger partial charge in [0.2, 0.25) is 5.91 Å². The minimum atomic E-state index is -1.60. The second-order valence-electron chi connectivity index (χ2n) is 5.28. The first-order valence-corrected chi connectivity index (χ1v) is 7.53. The zero-order valence-electron chi connectivity index (χ0n) is 11.1. The SMILES string of the molecule is NC1C(=O)N2CC(C(=O)O)(C(=O)c3ccccc3)CS[C@H]12. The van der Waals surface area contributed by atoms with Crippen LogP contribution in [-0.2, 0) is 9.59 Å². The van der Waals surface area contributed by atoms with Gasteiger partial charge in [0.25, 0.3) is 0 Å². The summed E-state index contributed by atoms with van der Waals surface area (Å²) in [5.41, 5.74) is 4.43. The maximum atomic E-state index is 12.7. The Morgan fingerprint density at radius 3 is 2.62 bits per heavy atom. The standard InChI is InChI=1S/C14H14N2O4S/c15-9-11(18)16-6-14(13(19)20,7-21-12(9)16)10(17)8-4-2-1-3-5-8/h1-5,9,12H,6-7,15H2,(H,19,20)/t9?,12-,14?/m1/s1. The maximum absolute atomic E-state index is 12.7. The van der Waals surface area contributed by atoms with Gasteiger partial charge in [0.1, 0.15) is 11.4 Å². The first kappa shape index (κ1) is 14.1. The van der Waals surface area contributed by atoms with Gasteiger partial charge in [-0.15, -0.1) is 11.8 Å². The number of aliphatic carboxylic acids is 1. The van der Waals surface area contributed by atoms with Crippen molar-refractivity contribution in [1.29, 1.82) is 0 Å². The summed E-state index contributed by atoms with van der Waals surface area (Å²) in [6, 6.07) is 7.72. The second-order valence-corrected chi connectivity index (χ2v) is 6.38. The van der Waals surface area contributed by atoms with Crippen LogP contribution in [0.2, 0.25) is 0 Å². The van der Waals surface area contributed by atoms with Crippen LogP contribution in [0.25, 0.3) is 0 Å². The van der Waals surface area contributed by atoms with E-state index in [0.29, 0.717) is 5.56 Å². The van der Waals surface area contributed by atoms with Crippen LogP contribution >= 0.6 is 11.8 Å². The largest absolute Gasteiger partial charge is 0.480 e. The smallest absolute Gasteiger partial charge is 0.320 e. The molecule has 3 N–H and O–H groups in total. The molecule has 0 radical (unpaired) electrons. The molecule has 3 atom stereocenters. The number of fused-ring (bicyclic) bond motifs is 1. The van der Waals surface area contributed by atoms with Gasteiger partial charge in [0, 0.05) is 17.9 Å².